The molecule has 0 aromatic heterocycles. The van der Waals surface area contributed by atoms with Crippen molar-refractivity contribution in [1.82, 2.24) is 15.7 Å². The van der Waals surface area contributed by atoms with Crippen molar-refractivity contribution < 1.29 is 19.6 Å². The van der Waals surface area contributed by atoms with Gasteiger partial charge in [0.15, 0.2) is 0 Å². The predicted molar refractivity (Wildman–Crippen MR) is 86.3 cm³/mol. The van der Waals surface area contributed by atoms with Crippen LogP contribution in [-0.2, 0) is 14.4 Å². The van der Waals surface area contributed by atoms with E-state index in [9.17, 15) is 14.4 Å². The van der Waals surface area contributed by atoms with Gasteiger partial charge in [0.2, 0.25) is 5.91 Å². The van der Waals surface area contributed by atoms with Crippen molar-refractivity contribution in [3.8, 4) is 0 Å². The Bertz CT molecular complexity index is 554. The monoisotopic (exact) mass is 357 g/mol. The molecule has 134 valence electrons. The minimum Gasteiger partial charge on any atom is -0.292 e. The Balaban J connectivity index is 0.00000169. The van der Waals surface area contributed by atoms with Gasteiger partial charge in [0, 0.05) is 0 Å². The molecule has 8 heteroatoms. The lowest BCUT2D eigenvalue weighted by Gasteiger charge is -2.62. The Morgan fingerprint density at radius 1 is 1.21 bits per heavy atom. The van der Waals surface area contributed by atoms with Crippen LogP contribution in [0.2, 0.25) is 0 Å². The molecule has 5 aliphatic rings. The van der Waals surface area contributed by atoms with Crippen LogP contribution in [0.4, 0.5) is 0 Å². The maximum Gasteiger partial charge on any atom is 0.263 e. The summed E-state index contributed by atoms with van der Waals surface area (Å²) in [5, 5.41) is 12.1. The van der Waals surface area contributed by atoms with Crippen molar-refractivity contribution in [2.75, 3.05) is 6.54 Å². The van der Waals surface area contributed by atoms with Crippen LogP contribution in [0.15, 0.2) is 0 Å². The van der Waals surface area contributed by atoms with Crippen LogP contribution in [0, 0.1) is 23.7 Å². The van der Waals surface area contributed by atoms with Crippen molar-refractivity contribution in [1.29, 1.82) is 0 Å². The average Bonchev–Trinajstić information content (AvgIpc) is 2.52. The third kappa shape index (κ3) is 2.29. The van der Waals surface area contributed by atoms with E-state index in [0.29, 0.717) is 11.8 Å². The summed E-state index contributed by atoms with van der Waals surface area (Å²) in [6.45, 7) is 1.35. The van der Waals surface area contributed by atoms with Crippen LogP contribution in [0.25, 0.3) is 0 Å². The zero-order chi connectivity index (χ0) is 16.4. The number of carbonyl (C=O) groups is 3. The highest BCUT2D eigenvalue weighted by molar-refractivity contribution is 6.07. The molecule has 0 aromatic rings. The number of piperazine rings is 1. The Hall–Kier alpha value is -1.18. The number of imide groups is 1. The summed E-state index contributed by atoms with van der Waals surface area (Å²) < 4.78 is 0. The van der Waals surface area contributed by atoms with Crippen molar-refractivity contribution >= 4 is 30.1 Å². The molecule has 0 aromatic carbocycles. The Morgan fingerprint density at radius 3 is 2.25 bits per heavy atom. The molecule has 1 saturated heterocycles. The highest BCUT2D eigenvalue weighted by Crippen LogP contribution is 2.59. The number of hydroxylamine groups is 1. The molecule has 7 nitrogen and oxygen atoms in total. The van der Waals surface area contributed by atoms with Crippen LogP contribution in [0.3, 0.4) is 0 Å². The van der Waals surface area contributed by atoms with Crippen molar-refractivity contribution in [3.63, 3.8) is 0 Å². The first-order chi connectivity index (χ1) is 11.0. The van der Waals surface area contributed by atoms with Gasteiger partial charge in [-0.3, -0.25) is 29.8 Å². The molecule has 3 amide bonds. The van der Waals surface area contributed by atoms with Gasteiger partial charge in [-0.05, 0) is 62.7 Å². The van der Waals surface area contributed by atoms with Gasteiger partial charge in [-0.2, -0.15) is 0 Å². The standard InChI is InChI=1S/C16H23N3O4.ClH/c1-8-14(21)19(7-13(20)18-23)15(22)16(17-8)11-3-9-2-10(5-11)6-12(16)4-9;/h8-12,17,23H,2-7H2,1H3,(H,18,20);1H. The third-order valence-corrected chi connectivity index (χ3v) is 6.54. The molecule has 0 radical (unpaired) electrons. The van der Waals surface area contributed by atoms with E-state index in [4.69, 9.17) is 5.21 Å². The maximum atomic E-state index is 13.2. The first kappa shape index (κ1) is 17.6. The average molecular weight is 358 g/mol. The summed E-state index contributed by atoms with van der Waals surface area (Å²) >= 11 is 0. The van der Waals surface area contributed by atoms with E-state index < -0.39 is 29.9 Å². The molecular weight excluding hydrogens is 334 g/mol. The van der Waals surface area contributed by atoms with E-state index in [1.165, 1.54) is 11.9 Å². The summed E-state index contributed by atoms with van der Waals surface area (Å²) in [7, 11) is 0. The van der Waals surface area contributed by atoms with E-state index in [0.717, 1.165) is 30.6 Å². The molecule has 1 spiro atoms. The van der Waals surface area contributed by atoms with Crippen LogP contribution >= 0.6 is 12.4 Å². The van der Waals surface area contributed by atoms with Gasteiger partial charge in [-0.15, -0.1) is 12.4 Å². The largest absolute Gasteiger partial charge is 0.292 e. The zero-order valence-electron chi connectivity index (χ0n) is 13.7. The molecule has 24 heavy (non-hydrogen) atoms. The topological polar surface area (TPSA) is 98.7 Å². The summed E-state index contributed by atoms with van der Waals surface area (Å²) in [5.41, 5.74) is 0.821. The lowest BCUT2D eigenvalue weighted by molar-refractivity contribution is -0.174. The molecular formula is C16H24ClN3O4. The number of amides is 3. The Morgan fingerprint density at radius 2 is 1.75 bits per heavy atom. The molecule has 4 saturated carbocycles. The molecule has 1 unspecified atom stereocenters. The number of carbonyl (C=O) groups excluding carboxylic acids is 3. The smallest absolute Gasteiger partial charge is 0.263 e. The number of halogens is 1. The Kier molecular flexibility index (Phi) is 4.38. The van der Waals surface area contributed by atoms with Gasteiger partial charge < -0.3 is 0 Å². The number of hydrogen-bond acceptors (Lipinski definition) is 5. The van der Waals surface area contributed by atoms with Gasteiger partial charge in [0.05, 0.1) is 6.04 Å². The molecule has 4 bridgehead atoms. The lowest BCUT2D eigenvalue weighted by atomic mass is 9.47. The van der Waals surface area contributed by atoms with Crippen LogP contribution in [0.1, 0.15) is 39.0 Å². The summed E-state index contributed by atoms with van der Waals surface area (Å²) in [6.07, 6.45) is 5.42. The summed E-state index contributed by atoms with van der Waals surface area (Å²) in [5.74, 6) is 0.526. The van der Waals surface area contributed by atoms with E-state index in [1.54, 1.807) is 6.92 Å². The first-order valence-corrected chi connectivity index (χ1v) is 8.52. The molecule has 1 heterocycles. The molecule has 4 aliphatic carbocycles. The first-order valence-electron chi connectivity index (χ1n) is 8.52. The molecule has 5 fully saturated rings. The maximum absolute atomic E-state index is 13.2. The second-order valence-corrected chi connectivity index (χ2v) is 7.80. The predicted octanol–water partition coefficient (Wildman–Crippen LogP) is 0.455. The fraction of sp³-hybridized carbons (Fsp3) is 0.812. The number of hydrogen-bond donors (Lipinski definition) is 3. The minimum atomic E-state index is -0.736. The molecule has 1 atom stereocenters. The fourth-order valence-corrected chi connectivity index (χ4v) is 5.88. The summed E-state index contributed by atoms with van der Waals surface area (Å²) in [6, 6.07) is -0.489. The van der Waals surface area contributed by atoms with Crippen LogP contribution in [-0.4, -0.2) is 46.0 Å². The number of nitrogens with one attached hydrogen (secondary N) is 2. The summed E-state index contributed by atoms with van der Waals surface area (Å²) in [4.78, 5) is 38.2. The Labute approximate surface area is 146 Å². The number of nitrogens with zero attached hydrogens (tertiary/aromatic N) is 1. The second kappa shape index (κ2) is 5.97. The van der Waals surface area contributed by atoms with Crippen molar-refractivity contribution in [3.05, 3.63) is 0 Å². The van der Waals surface area contributed by atoms with Crippen molar-refractivity contribution in [2.45, 2.75) is 50.6 Å². The van der Waals surface area contributed by atoms with E-state index in [-0.39, 0.29) is 30.2 Å². The highest BCUT2D eigenvalue weighted by Gasteiger charge is 2.64. The molecule has 3 N–H and O–H groups in total. The normalized spacial score (nSPS) is 43.1. The van der Waals surface area contributed by atoms with Crippen molar-refractivity contribution in [2.24, 2.45) is 23.7 Å². The van der Waals surface area contributed by atoms with E-state index in [1.807, 2.05) is 0 Å². The minimum absolute atomic E-state index is 0. The van der Waals surface area contributed by atoms with Gasteiger partial charge in [-0.1, -0.05) is 0 Å². The van der Waals surface area contributed by atoms with E-state index >= 15 is 0 Å². The highest BCUT2D eigenvalue weighted by atomic mass is 35.5. The third-order valence-electron chi connectivity index (χ3n) is 6.54. The van der Waals surface area contributed by atoms with Crippen LogP contribution < -0.4 is 10.8 Å². The lowest BCUT2D eigenvalue weighted by Crippen LogP contribution is -2.78. The van der Waals surface area contributed by atoms with Gasteiger partial charge in [0.25, 0.3) is 11.8 Å². The van der Waals surface area contributed by atoms with Gasteiger partial charge in [-0.25, -0.2) is 5.48 Å². The van der Waals surface area contributed by atoms with Crippen LogP contribution in [0.5, 0.6) is 0 Å². The quantitative estimate of drug-likeness (QED) is 0.379. The fourth-order valence-electron chi connectivity index (χ4n) is 5.88. The second-order valence-electron chi connectivity index (χ2n) is 7.80. The van der Waals surface area contributed by atoms with Gasteiger partial charge in [0.1, 0.15) is 12.1 Å². The van der Waals surface area contributed by atoms with Gasteiger partial charge >= 0.3 is 0 Å². The molecule has 5 rings (SSSR count). The van der Waals surface area contributed by atoms with E-state index in [2.05, 4.69) is 5.32 Å². The molecule has 1 aliphatic heterocycles. The number of rotatable bonds is 2. The SMILES string of the molecule is CC1NC2(C(=O)N(CC(=O)NO)C1=O)C1CC3CC(C1)CC2C3.Cl. The zero-order valence-corrected chi connectivity index (χ0v) is 14.5.